The molecule has 0 radical (unpaired) electrons. The van der Waals surface area contributed by atoms with Crippen LogP contribution >= 0.6 is 0 Å². The van der Waals surface area contributed by atoms with E-state index < -0.39 is 15.8 Å². The molecule has 4 nitrogen and oxygen atoms in total. The van der Waals surface area contributed by atoms with Crippen molar-refractivity contribution in [1.29, 1.82) is 0 Å². The number of rotatable bonds is 5. The van der Waals surface area contributed by atoms with Gasteiger partial charge in [-0.15, -0.1) is 0 Å². The molecule has 0 aliphatic rings. The first kappa shape index (κ1) is 11.7. The fraction of sp³-hybridized carbons (Fsp3) is 1.00. The van der Waals surface area contributed by atoms with E-state index in [1.165, 1.54) is 0 Å². The lowest BCUT2D eigenvalue weighted by atomic mass is 10.2. The van der Waals surface area contributed by atoms with Crippen molar-refractivity contribution in [1.82, 2.24) is 4.72 Å². The molecule has 0 aliphatic heterocycles. The van der Waals surface area contributed by atoms with E-state index in [0.717, 1.165) is 0 Å². The van der Waals surface area contributed by atoms with Gasteiger partial charge in [0.2, 0.25) is 0 Å². The maximum absolute atomic E-state index is 11.7. The van der Waals surface area contributed by atoms with Crippen LogP contribution in [0, 0.1) is 5.92 Å². The first-order valence-corrected chi connectivity index (χ1v) is 4.91. The summed E-state index contributed by atoms with van der Waals surface area (Å²) >= 11 is 0. The molecule has 0 amide bonds. The van der Waals surface area contributed by atoms with Gasteiger partial charge in [-0.1, -0.05) is 6.92 Å². The van der Waals surface area contributed by atoms with Crippen LogP contribution in [0.15, 0.2) is 0 Å². The van der Waals surface area contributed by atoms with Gasteiger partial charge < -0.3 is 5.73 Å². The lowest BCUT2D eigenvalue weighted by Gasteiger charge is -2.09. The summed E-state index contributed by atoms with van der Waals surface area (Å²) in [5, 5.41) is 0. The second-order valence-corrected chi connectivity index (χ2v) is 4.23. The second kappa shape index (κ2) is 4.68. The number of alkyl halides is 2. The lowest BCUT2D eigenvalue weighted by molar-refractivity contribution is 0.232. The number of nitrogens with two attached hydrogens (primary N) is 1. The highest BCUT2D eigenvalue weighted by Gasteiger charge is 2.23. The monoisotopic (exact) mass is 202 g/mol. The molecule has 0 aromatic heterocycles. The summed E-state index contributed by atoms with van der Waals surface area (Å²) in [5.41, 5.74) is 5.16. The molecular weight excluding hydrogens is 190 g/mol. The molecule has 0 bridgehead atoms. The molecule has 1 atom stereocenters. The van der Waals surface area contributed by atoms with Gasteiger partial charge in [0.25, 0.3) is 10.0 Å². The Morgan fingerprint density at radius 1 is 1.50 bits per heavy atom. The highest BCUT2D eigenvalue weighted by molar-refractivity contribution is 7.89. The van der Waals surface area contributed by atoms with Gasteiger partial charge in [0.15, 0.2) is 0 Å². The summed E-state index contributed by atoms with van der Waals surface area (Å²) in [5.74, 6) is -3.51. The van der Waals surface area contributed by atoms with Crippen LogP contribution in [-0.4, -0.2) is 27.3 Å². The van der Waals surface area contributed by atoms with E-state index in [-0.39, 0.29) is 19.0 Å². The van der Waals surface area contributed by atoms with Crippen molar-refractivity contribution < 1.29 is 17.2 Å². The molecule has 0 aromatic carbocycles. The molecule has 0 saturated heterocycles. The van der Waals surface area contributed by atoms with E-state index in [4.69, 9.17) is 5.73 Å². The summed E-state index contributed by atoms with van der Waals surface area (Å²) in [6.07, 6.45) is 0. The van der Waals surface area contributed by atoms with Gasteiger partial charge in [-0.2, -0.15) is 8.78 Å². The zero-order chi connectivity index (χ0) is 9.78. The Balaban J connectivity index is 3.94. The second-order valence-electron chi connectivity index (χ2n) is 2.49. The van der Waals surface area contributed by atoms with Crippen LogP contribution in [-0.2, 0) is 10.0 Å². The quantitative estimate of drug-likeness (QED) is 0.644. The van der Waals surface area contributed by atoms with E-state index in [1.807, 2.05) is 0 Å². The van der Waals surface area contributed by atoms with Crippen molar-refractivity contribution in [3.8, 4) is 0 Å². The number of hydrogen-bond donors (Lipinski definition) is 2. The van der Waals surface area contributed by atoms with Crippen molar-refractivity contribution in [3.63, 3.8) is 0 Å². The van der Waals surface area contributed by atoms with Gasteiger partial charge in [0.05, 0.1) is 0 Å². The normalized spacial score (nSPS) is 15.1. The Labute approximate surface area is 70.2 Å². The van der Waals surface area contributed by atoms with E-state index in [9.17, 15) is 17.2 Å². The van der Waals surface area contributed by atoms with Gasteiger partial charge in [-0.3, -0.25) is 0 Å². The van der Waals surface area contributed by atoms with Crippen molar-refractivity contribution in [2.75, 3.05) is 13.1 Å². The predicted octanol–water partition coefficient (Wildman–Crippen LogP) is -0.277. The number of nitrogens with one attached hydrogen (secondary N) is 1. The van der Waals surface area contributed by atoms with Crippen LogP contribution in [0.5, 0.6) is 0 Å². The van der Waals surface area contributed by atoms with Gasteiger partial charge in [0, 0.05) is 6.54 Å². The predicted molar refractivity (Wildman–Crippen MR) is 41.1 cm³/mol. The van der Waals surface area contributed by atoms with Crippen molar-refractivity contribution in [3.05, 3.63) is 0 Å². The molecule has 74 valence electrons. The lowest BCUT2D eigenvalue weighted by Crippen LogP contribution is -2.34. The first-order valence-electron chi connectivity index (χ1n) is 3.37. The molecule has 0 saturated carbocycles. The molecule has 3 N–H and O–H groups in total. The van der Waals surface area contributed by atoms with Crippen LogP contribution in [0.3, 0.4) is 0 Å². The zero-order valence-corrected chi connectivity index (χ0v) is 7.44. The fourth-order valence-corrected chi connectivity index (χ4v) is 1.05. The van der Waals surface area contributed by atoms with Crippen LogP contribution in [0.4, 0.5) is 8.78 Å². The molecule has 0 aromatic rings. The minimum atomic E-state index is -4.44. The highest BCUT2D eigenvalue weighted by Crippen LogP contribution is 2.02. The Morgan fingerprint density at radius 2 is 2.00 bits per heavy atom. The molecule has 7 heteroatoms. The summed E-state index contributed by atoms with van der Waals surface area (Å²) in [6.45, 7) is 1.86. The van der Waals surface area contributed by atoms with E-state index in [0.29, 0.717) is 0 Å². The third-order valence-electron chi connectivity index (χ3n) is 1.27. The topological polar surface area (TPSA) is 72.2 Å². The minimum absolute atomic E-state index is 0.0524. The van der Waals surface area contributed by atoms with Gasteiger partial charge in [0.1, 0.15) is 0 Å². The van der Waals surface area contributed by atoms with Crippen molar-refractivity contribution in [2.24, 2.45) is 11.7 Å². The summed E-state index contributed by atoms with van der Waals surface area (Å²) in [6, 6.07) is 0. The van der Waals surface area contributed by atoms with E-state index in [1.54, 1.807) is 11.6 Å². The molecule has 0 spiro atoms. The van der Waals surface area contributed by atoms with Crippen molar-refractivity contribution >= 4 is 10.0 Å². The summed E-state index contributed by atoms with van der Waals surface area (Å²) < 4.78 is 46.0. The third kappa shape index (κ3) is 3.93. The molecule has 0 aliphatic carbocycles. The van der Waals surface area contributed by atoms with Crippen LogP contribution in [0.1, 0.15) is 6.92 Å². The van der Waals surface area contributed by atoms with Gasteiger partial charge >= 0.3 is 5.76 Å². The highest BCUT2D eigenvalue weighted by atomic mass is 32.2. The fourth-order valence-electron chi connectivity index (χ4n) is 0.405. The Hall–Kier alpha value is -0.270. The minimum Gasteiger partial charge on any atom is -0.330 e. The molecule has 12 heavy (non-hydrogen) atoms. The van der Waals surface area contributed by atoms with Crippen LogP contribution in [0.2, 0.25) is 0 Å². The molecule has 0 fully saturated rings. The molecular formula is C5H12F2N2O2S. The summed E-state index contributed by atoms with van der Waals surface area (Å²) in [4.78, 5) is 0. The molecule has 0 rings (SSSR count). The first-order chi connectivity index (χ1) is 5.40. The average molecular weight is 202 g/mol. The van der Waals surface area contributed by atoms with E-state index in [2.05, 4.69) is 0 Å². The maximum Gasteiger partial charge on any atom is 0.350 e. The number of hydrogen-bond acceptors (Lipinski definition) is 3. The van der Waals surface area contributed by atoms with E-state index >= 15 is 0 Å². The summed E-state index contributed by atoms with van der Waals surface area (Å²) in [7, 11) is -4.44. The number of sulfonamides is 1. The van der Waals surface area contributed by atoms with Crippen LogP contribution in [0.25, 0.3) is 0 Å². The smallest absolute Gasteiger partial charge is 0.330 e. The standard InChI is InChI=1S/C5H12F2N2O2S/c1-4(2-8)3-9-12(10,11)5(6)7/h4-5,9H,2-3,8H2,1H3. The zero-order valence-electron chi connectivity index (χ0n) is 6.63. The van der Waals surface area contributed by atoms with Crippen molar-refractivity contribution in [2.45, 2.75) is 12.7 Å². The Morgan fingerprint density at radius 3 is 2.33 bits per heavy atom. The Bertz CT molecular complexity index is 217. The number of halogens is 2. The largest absolute Gasteiger partial charge is 0.350 e. The van der Waals surface area contributed by atoms with Crippen LogP contribution < -0.4 is 10.5 Å². The average Bonchev–Trinajstić information content (AvgIpc) is 2.00. The SMILES string of the molecule is CC(CN)CNS(=O)(=O)C(F)F. The maximum atomic E-state index is 11.7. The Kier molecular flexibility index (Phi) is 4.58. The van der Waals surface area contributed by atoms with Gasteiger partial charge in [-0.05, 0) is 12.5 Å². The third-order valence-corrected chi connectivity index (χ3v) is 2.31. The molecule has 1 unspecified atom stereocenters. The molecule has 0 heterocycles. The van der Waals surface area contributed by atoms with Gasteiger partial charge in [-0.25, -0.2) is 13.1 Å².